The monoisotopic (exact) mass is 524 g/mol. The fourth-order valence-electron chi connectivity index (χ4n) is 3.08. The molecule has 0 aliphatic rings. The van der Waals surface area contributed by atoms with Gasteiger partial charge in [-0.3, -0.25) is 0 Å². The standard InChI is InChI=1S/C15H26O2S.C13H18O.CH4OS/c1-12(2)18(4,5)10-6-7-13-8-9-14(16)15(11-13)17-3;1-4-11(2)8-9-12-6-5-7-13(10-12)14-3;1-3-2/h8-9,11-12,16H,6-7,10H2,1-5H3;4-7,10H,8-9H2,1-3H3;2H,1H3. The minimum absolute atomic E-state index is 0.217. The van der Waals surface area contributed by atoms with Gasteiger partial charge in [0.2, 0.25) is 0 Å². The van der Waals surface area contributed by atoms with Crippen LogP contribution in [0, 0.1) is 0 Å². The highest BCUT2D eigenvalue weighted by Crippen LogP contribution is 2.45. The van der Waals surface area contributed by atoms with Crippen molar-refractivity contribution in [2.24, 2.45) is 0 Å². The van der Waals surface area contributed by atoms with Crippen molar-refractivity contribution in [3.63, 3.8) is 0 Å². The molecule has 4 nitrogen and oxygen atoms in total. The fourth-order valence-corrected chi connectivity index (χ4v) is 4.44. The van der Waals surface area contributed by atoms with E-state index >= 15 is 0 Å². The Bertz CT molecular complexity index is 864. The number of rotatable bonds is 10. The molecule has 0 unspecified atom stereocenters. The summed E-state index contributed by atoms with van der Waals surface area (Å²) in [6.45, 7) is 8.89. The molecule has 6 heteroatoms. The van der Waals surface area contributed by atoms with Crippen LogP contribution in [0.25, 0.3) is 0 Å². The Morgan fingerprint density at radius 1 is 1.03 bits per heavy atom. The van der Waals surface area contributed by atoms with Crippen LogP contribution in [0.3, 0.4) is 0 Å². The SMILES string of the molecule is CC=C(C)CCc1cccc(OC)c1.COc1cc(CCCS(C)(C)C(C)C)ccc1O.CSO. The highest BCUT2D eigenvalue weighted by Gasteiger charge is 2.15. The Hall–Kier alpha value is -1.76. The average molecular weight is 525 g/mol. The quantitative estimate of drug-likeness (QED) is 0.242. The number of methoxy groups -OCH3 is 2. The summed E-state index contributed by atoms with van der Waals surface area (Å²) in [5.41, 5.74) is 4.02. The van der Waals surface area contributed by atoms with Gasteiger partial charge in [-0.2, -0.15) is 0 Å². The van der Waals surface area contributed by atoms with Crippen LogP contribution in [0.5, 0.6) is 17.2 Å². The van der Waals surface area contributed by atoms with E-state index in [-0.39, 0.29) is 5.75 Å². The predicted octanol–water partition coefficient (Wildman–Crippen LogP) is 8.22. The van der Waals surface area contributed by atoms with Gasteiger partial charge in [-0.15, -0.1) is 0 Å². The van der Waals surface area contributed by atoms with Gasteiger partial charge >= 0.3 is 0 Å². The normalized spacial score (nSPS) is 11.7. The van der Waals surface area contributed by atoms with E-state index in [0.29, 0.717) is 5.75 Å². The van der Waals surface area contributed by atoms with Gasteiger partial charge in [0, 0.05) is 6.26 Å². The maximum atomic E-state index is 9.54. The van der Waals surface area contributed by atoms with Crippen molar-refractivity contribution < 1.29 is 19.1 Å². The summed E-state index contributed by atoms with van der Waals surface area (Å²) >= 11 is 0.750. The summed E-state index contributed by atoms with van der Waals surface area (Å²) in [4.78, 5) is 0. The fraction of sp³-hybridized carbons (Fsp3) is 0.517. The first-order valence-electron chi connectivity index (χ1n) is 12.0. The van der Waals surface area contributed by atoms with Crippen LogP contribution >= 0.6 is 22.1 Å². The van der Waals surface area contributed by atoms with E-state index in [2.05, 4.69) is 58.4 Å². The third kappa shape index (κ3) is 14.4. The van der Waals surface area contributed by atoms with E-state index in [9.17, 15) is 5.11 Å². The van der Waals surface area contributed by atoms with Crippen molar-refractivity contribution >= 4 is 22.1 Å². The third-order valence-electron chi connectivity index (χ3n) is 6.09. The molecule has 2 rings (SSSR count). The largest absolute Gasteiger partial charge is 0.504 e. The summed E-state index contributed by atoms with van der Waals surface area (Å²) in [5, 5.41) is 10.3. The molecule has 0 atom stereocenters. The Kier molecular flexibility index (Phi) is 17.6. The van der Waals surface area contributed by atoms with Crippen molar-refractivity contribution in [1.82, 2.24) is 0 Å². The molecule has 35 heavy (non-hydrogen) atoms. The lowest BCUT2D eigenvalue weighted by atomic mass is 10.1. The van der Waals surface area contributed by atoms with Crippen molar-refractivity contribution in [2.75, 3.05) is 38.7 Å². The topological polar surface area (TPSA) is 58.9 Å². The number of hydrogen-bond donors (Lipinski definition) is 2. The molecule has 2 aromatic rings. The number of allylic oxidation sites excluding steroid dienone is 2. The summed E-state index contributed by atoms with van der Waals surface area (Å²) in [6, 6.07) is 13.9. The molecule has 0 spiro atoms. The highest BCUT2D eigenvalue weighted by molar-refractivity contribution is 8.33. The Morgan fingerprint density at radius 2 is 1.66 bits per heavy atom. The second-order valence-electron chi connectivity index (χ2n) is 9.16. The van der Waals surface area contributed by atoms with Crippen LogP contribution in [-0.2, 0) is 12.8 Å². The van der Waals surface area contributed by atoms with Crippen molar-refractivity contribution in [2.45, 2.75) is 58.6 Å². The van der Waals surface area contributed by atoms with Gasteiger partial charge < -0.3 is 19.1 Å². The zero-order valence-corrected chi connectivity index (χ0v) is 24.9. The number of aryl methyl sites for hydroxylation is 2. The third-order valence-corrected chi connectivity index (χ3v) is 9.98. The molecule has 2 N–H and O–H groups in total. The Balaban J connectivity index is 0.000000608. The van der Waals surface area contributed by atoms with E-state index in [4.69, 9.17) is 14.0 Å². The lowest BCUT2D eigenvalue weighted by molar-refractivity contribution is 0.373. The molecule has 0 saturated heterocycles. The first-order valence-corrected chi connectivity index (χ1v) is 15.9. The first-order chi connectivity index (χ1) is 16.5. The van der Waals surface area contributed by atoms with Crippen LogP contribution in [-0.4, -0.2) is 53.6 Å². The van der Waals surface area contributed by atoms with Crippen LogP contribution < -0.4 is 9.47 Å². The summed E-state index contributed by atoms with van der Waals surface area (Å²) in [6.07, 6.45) is 13.1. The summed E-state index contributed by atoms with van der Waals surface area (Å²) < 4.78 is 17.8. The summed E-state index contributed by atoms with van der Waals surface area (Å²) in [5.74, 6) is 3.03. The molecule has 0 heterocycles. The Morgan fingerprint density at radius 3 is 2.20 bits per heavy atom. The second-order valence-corrected chi connectivity index (χ2v) is 14.1. The van der Waals surface area contributed by atoms with Gasteiger partial charge in [0.15, 0.2) is 11.5 Å². The second kappa shape index (κ2) is 18.5. The van der Waals surface area contributed by atoms with E-state index in [1.165, 1.54) is 28.9 Å². The summed E-state index contributed by atoms with van der Waals surface area (Å²) in [7, 11) is 2.82. The van der Waals surface area contributed by atoms with Gasteiger partial charge in [0.25, 0.3) is 0 Å². The molecule has 0 bridgehead atoms. The molecule has 0 saturated carbocycles. The van der Waals surface area contributed by atoms with Crippen molar-refractivity contribution in [3.05, 3.63) is 65.2 Å². The predicted molar refractivity (Wildman–Crippen MR) is 159 cm³/mol. The molecular formula is C29H48O4S2. The minimum atomic E-state index is -0.473. The highest BCUT2D eigenvalue weighted by atomic mass is 32.3. The molecule has 0 aromatic heterocycles. The molecule has 0 aliphatic carbocycles. The number of hydrogen-bond acceptors (Lipinski definition) is 5. The number of phenolic OH excluding ortho intramolecular Hbond substituents is 1. The maximum Gasteiger partial charge on any atom is 0.160 e. The zero-order valence-electron chi connectivity index (χ0n) is 23.3. The average Bonchev–Trinajstić information content (AvgIpc) is 2.84. The van der Waals surface area contributed by atoms with Crippen LogP contribution in [0.1, 0.15) is 51.7 Å². The molecule has 0 amide bonds. The van der Waals surface area contributed by atoms with E-state index in [0.717, 1.165) is 42.3 Å². The zero-order chi connectivity index (χ0) is 26.9. The number of phenols is 1. The van der Waals surface area contributed by atoms with Crippen molar-refractivity contribution in [1.29, 1.82) is 0 Å². The first kappa shape index (κ1) is 33.2. The van der Waals surface area contributed by atoms with Gasteiger partial charge in [-0.25, -0.2) is 10.0 Å². The molecular weight excluding hydrogens is 476 g/mol. The van der Waals surface area contributed by atoms with E-state index in [1.54, 1.807) is 26.5 Å². The molecule has 0 radical (unpaired) electrons. The minimum Gasteiger partial charge on any atom is -0.504 e. The smallest absolute Gasteiger partial charge is 0.160 e. The van der Waals surface area contributed by atoms with Gasteiger partial charge in [-0.1, -0.05) is 43.7 Å². The Labute approximate surface area is 220 Å². The molecule has 0 aliphatic heterocycles. The van der Waals surface area contributed by atoms with Gasteiger partial charge in [0.1, 0.15) is 5.75 Å². The lowest BCUT2D eigenvalue weighted by Crippen LogP contribution is -2.13. The number of aromatic hydroxyl groups is 1. The lowest BCUT2D eigenvalue weighted by Gasteiger charge is -2.35. The van der Waals surface area contributed by atoms with Gasteiger partial charge in [-0.05, 0) is 110 Å². The number of ether oxygens (including phenoxy) is 2. The number of benzene rings is 2. The maximum absolute atomic E-state index is 9.54. The van der Waals surface area contributed by atoms with Crippen LogP contribution in [0.2, 0.25) is 0 Å². The van der Waals surface area contributed by atoms with E-state index < -0.39 is 10.0 Å². The van der Waals surface area contributed by atoms with Crippen LogP contribution in [0.15, 0.2) is 54.1 Å². The van der Waals surface area contributed by atoms with Crippen LogP contribution in [0.4, 0.5) is 0 Å². The van der Waals surface area contributed by atoms with E-state index in [1.807, 2.05) is 24.3 Å². The molecule has 200 valence electrons. The molecule has 2 aromatic carbocycles. The van der Waals surface area contributed by atoms with Gasteiger partial charge in [0.05, 0.1) is 14.2 Å². The van der Waals surface area contributed by atoms with Crippen molar-refractivity contribution in [3.8, 4) is 17.2 Å². The molecule has 0 fully saturated rings.